The fraction of sp³-hybridized carbons (Fsp3) is 0.520. The average molecular weight is 433 g/mol. The number of rotatable bonds is 5. The number of halogens is 3. The Kier molecular flexibility index (Phi) is 6.58. The molecule has 0 aromatic heterocycles. The fourth-order valence-electron chi connectivity index (χ4n) is 5.33. The summed E-state index contributed by atoms with van der Waals surface area (Å²) in [4.78, 5) is 2.66. The van der Waals surface area contributed by atoms with Gasteiger partial charge in [0.1, 0.15) is 5.75 Å². The Bertz CT molecular complexity index is 824. The van der Waals surface area contributed by atoms with Crippen LogP contribution in [-0.2, 0) is 0 Å². The van der Waals surface area contributed by atoms with Gasteiger partial charge in [0.05, 0.1) is 0 Å². The van der Waals surface area contributed by atoms with Gasteiger partial charge in [0.25, 0.3) is 0 Å². The van der Waals surface area contributed by atoms with Crippen LogP contribution in [-0.4, -0.2) is 43.0 Å². The lowest BCUT2D eigenvalue weighted by atomic mass is 9.75. The van der Waals surface area contributed by atoms with E-state index in [1.165, 1.54) is 30.5 Å². The first-order valence-corrected chi connectivity index (χ1v) is 11.2. The monoisotopic (exact) mass is 432 g/mol. The van der Waals surface area contributed by atoms with E-state index < -0.39 is 6.36 Å². The Balaban J connectivity index is 1.52. The molecule has 2 aromatic carbocycles. The van der Waals surface area contributed by atoms with Gasteiger partial charge in [-0.3, -0.25) is 4.90 Å². The third kappa shape index (κ3) is 5.42. The number of likely N-dealkylation sites (tertiary alicyclic amines) is 1. The molecule has 2 aliphatic heterocycles. The topological polar surface area (TPSA) is 24.5 Å². The highest BCUT2D eigenvalue weighted by atomic mass is 19.4. The van der Waals surface area contributed by atoms with Crippen LogP contribution >= 0.6 is 0 Å². The Hall–Kier alpha value is -2.05. The first kappa shape index (κ1) is 22.2. The molecule has 168 valence electrons. The Morgan fingerprint density at radius 3 is 2.10 bits per heavy atom. The molecule has 0 bridgehead atoms. The van der Waals surface area contributed by atoms with E-state index >= 15 is 0 Å². The molecular formula is C25H31F3N2O. The molecule has 0 saturated carbocycles. The minimum Gasteiger partial charge on any atom is -0.406 e. The van der Waals surface area contributed by atoms with Gasteiger partial charge in [-0.05, 0) is 88.0 Å². The molecular weight excluding hydrogens is 401 g/mol. The molecule has 4 rings (SSSR count). The second-order valence-electron chi connectivity index (χ2n) is 9.08. The van der Waals surface area contributed by atoms with Crippen molar-refractivity contribution in [2.45, 2.75) is 50.4 Å². The van der Waals surface area contributed by atoms with Crippen LogP contribution in [0.4, 0.5) is 13.2 Å². The molecule has 3 nitrogen and oxygen atoms in total. The number of hydrogen-bond donors (Lipinski definition) is 1. The maximum atomic E-state index is 12.5. The highest BCUT2D eigenvalue weighted by Crippen LogP contribution is 2.40. The zero-order valence-corrected chi connectivity index (χ0v) is 18.0. The molecule has 1 atom stereocenters. The van der Waals surface area contributed by atoms with Crippen LogP contribution in [0.5, 0.6) is 5.75 Å². The summed E-state index contributed by atoms with van der Waals surface area (Å²) < 4.78 is 41.7. The van der Waals surface area contributed by atoms with Crippen LogP contribution in [0.1, 0.15) is 49.7 Å². The number of benzene rings is 2. The fourth-order valence-corrected chi connectivity index (χ4v) is 5.33. The predicted molar refractivity (Wildman–Crippen MR) is 116 cm³/mol. The van der Waals surface area contributed by atoms with E-state index in [1.54, 1.807) is 12.1 Å². The van der Waals surface area contributed by atoms with Crippen molar-refractivity contribution in [2.75, 3.05) is 26.2 Å². The maximum Gasteiger partial charge on any atom is 0.573 e. The number of nitrogens with one attached hydrogen (secondary N) is 1. The molecule has 2 aromatic rings. The van der Waals surface area contributed by atoms with Crippen molar-refractivity contribution in [1.82, 2.24) is 10.2 Å². The summed E-state index contributed by atoms with van der Waals surface area (Å²) in [7, 11) is 0. The van der Waals surface area contributed by atoms with Crippen molar-refractivity contribution in [3.63, 3.8) is 0 Å². The molecule has 2 fully saturated rings. The van der Waals surface area contributed by atoms with E-state index in [4.69, 9.17) is 0 Å². The zero-order chi connectivity index (χ0) is 21.9. The molecule has 0 radical (unpaired) electrons. The van der Waals surface area contributed by atoms with Crippen LogP contribution in [0.15, 0.2) is 54.6 Å². The highest BCUT2D eigenvalue weighted by molar-refractivity contribution is 5.37. The summed E-state index contributed by atoms with van der Waals surface area (Å²) in [5.74, 6) is 0.458. The molecule has 2 heterocycles. The highest BCUT2D eigenvalue weighted by Gasteiger charge is 2.37. The molecule has 31 heavy (non-hydrogen) atoms. The normalized spacial score (nSPS) is 21.5. The van der Waals surface area contributed by atoms with Crippen molar-refractivity contribution in [3.8, 4) is 5.75 Å². The summed E-state index contributed by atoms with van der Waals surface area (Å²) in [5, 5.41) is 3.46. The van der Waals surface area contributed by atoms with Crippen molar-refractivity contribution >= 4 is 0 Å². The molecule has 0 amide bonds. The number of piperidine rings is 2. The third-order valence-corrected chi connectivity index (χ3v) is 7.09. The van der Waals surface area contributed by atoms with Gasteiger partial charge in [0.15, 0.2) is 0 Å². The first-order valence-electron chi connectivity index (χ1n) is 11.2. The SMILES string of the molecule is CC1(N2CCC(C(c3ccccc3)c3ccc(OC(F)(F)F)cc3)CC2)CCNCC1. The molecule has 6 heteroatoms. The molecule has 2 saturated heterocycles. The Labute approximate surface area is 182 Å². The number of hydrogen-bond acceptors (Lipinski definition) is 3. The zero-order valence-electron chi connectivity index (χ0n) is 18.0. The van der Waals surface area contributed by atoms with Crippen molar-refractivity contribution in [1.29, 1.82) is 0 Å². The van der Waals surface area contributed by atoms with Gasteiger partial charge < -0.3 is 10.1 Å². The molecule has 0 aliphatic carbocycles. The average Bonchev–Trinajstić information content (AvgIpc) is 2.76. The minimum absolute atomic E-state index is 0.170. The largest absolute Gasteiger partial charge is 0.573 e. The smallest absolute Gasteiger partial charge is 0.406 e. The van der Waals surface area contributed by atoms with Gasteiger partial charge in [-0.1, -0.05) is 42.5 Å². The van der Waals surface area contributed by atoms with Gasteiger partial charge in [-0.15, -0.1) is 13.2 Å². The van der Waals surface area contributed by atoms with Gasteiger partial charge in [-0.2, -0.15) is 0 Å². The minimum atomic E-state index is -4.67. The van der Waals surface area contributed by atoms with E-state index in [1.807, 2.05) is 18.2 Å². The summed E-state index contributed by atoms with van der Waals surface area (Å²) in [6.07, 6.45) is -0.133. The number of alkyl halides is 3. The molecule has 0 spiro atoms. The van der Waals surface area contributed by atoms with Crippen LogP contribution in [0.2, 0.25) is 0 Å². The van der Waals surface area contributed by atoms with Crippen LogP contribution in [0.25, 0.3) is 0 Å². The molecule has 1 unspecified atom stereocenters. The first-order chi connectivity index (χ1) is 14.8. The Morgan fingerprint density at radius 2 is 1.52 bits per heavy atom. The predicted octanol–water partition coefficient (Wildman–Crippen LogP) is 5.57. The second-order valence-corrected chi connectivity index (χ2v) is 9.08. The lowest BCUT2D eigenvalue weighted by molar-refractivity contribution is -0.274. The maximum absolute atomic E-state index is 12.5. The van der Waals surface area contributed by atoms with E-state index in [9.17, 15) is 13.2 Å². The van der Waals surface area contributed by atoms with E-state index in [-0.39, 0.29) is 17.2 Å². The number of ether oxygens (including phenoxy) is 1. The standard InChI is InChI=1S/C25H31F3N2O/c1-24(13-15-29-16-14-24)30-17-11-21(12-18-30)23(19-5-3-2-4-6-19)20-7-9-22(10-8-20)31-25(26,27)28/h2-10,21,23,29H,11-18H2,1H3. The molecule has 1 N–H and O–H groups in total. The quantitative estimate of drug-likeness (QED) is 0.668. The van der Waals surface area contributed by atoms with Gasteiger partial charge >= 0.3 is 6.36 Å². The van der Waals surface area contributed by atoms with Crippen molar-refractivity contribution in [2.24, 2.45) is 5.92 Å². The number of nitrogens with zero attached hydrogens (tertiary/aromatic N) is 1. The lowest BCUT2D eigenvalue weighted by Crippen LogP contribution is -2.55. The van der Waals surface area contributed by atoms with Crippen molar-refractivity contribution in [3.05, 3.63) is 65.7 Å². The third-order valence-electron chi connectivity index (χ3n) is 7.09. The van der Waals surface area contributed by atoms with Gasteiger partial charge in [-0.25, -0.2) is 0 Å². The summed E-state index contributed by atoms with van der Waals surface area (Å²) in [6, 6.07) is 16.8. The van der Waals surface area contributed by atoms with Crippen LogP contribution < -0.4 is 10.1 Å². The van der Waals surface area contributed by atoms with Gasteiger partial charge in [0, 0.05) is 11.5 Å². The van der Waals surface area contributed by atoms with Crippen LogP contribution in [0, 0.1) is 5.92 Å². The van der Waals surface area contributed by atoms with Gasteiger partial charge in [0.2, 0.25) is 0 Å². The van der Waals surface area contributed by atoms with Crippen LogP contribution in [0.3, 0.4) is 0 Å². The molecule has 2 aliphatic rings. The summed E-state index contributed by atoms with van der Waals surface area (Å²) in [5.41, 5.74) is 2.54. The summed E-state index contributed by atoms with van der Waals surface area (Å²) >= 11 is 0. The lowest BCUT2D eigenvalue weighted by Gasteiger charge is -2.48. The van der Waals surface area contributed by atoms with Crippen molar-refractivity contribution < 1.29 is 17.9 Å². The second kappa shape index (κ2) is 9.21. The Morgan fingerprint density at radius 1 is 0.935 bits per heavy atom. The van der Waals surface area contributed by atoms with E-state index in [0.717, 1.165) is 44.6 Å². The van der Waals surface area contributed by atoms with E-state index in [0.29, 0.717) is 5.92 Å². The van der Waals surface area contributed by atoms with E-state index in [2.05, 4.69) is 34.0 Å². The summed E-state index contributed by atoms with van der Waals surface area (Å²) in [6.45, 7) is 6.69.